The van der Waals surface area contributed by atoms with E-state index < -0.39 is 17.4 Å². The Morgan fingerprint density at radius 2 is 1.43 bits per heavy atom. The maximum Gasteiger partial charge on any atom is 0.124 e. The van der Waals surface area contributed by atoms with Crippen LogP contribution >= 0.6 is 0 Å². The molecule has 1 heterocycles. The molecule has 0 saturated carbocycles. The molecule has 0 radical (unpaired) electrons. The molecule has 1 aliphatic rings. The molecule has 4 rings (SSSR count). The molecule has 0 amide bonds. The summed E-state index contributed by atoms with van der Waals surface area (Å²) in [6.45, 7) is 4.09. The van der Waals surface area contributed by atoms with Crippen molar-refractivity contribution in [2.45, 2.75) is 31.5 Å². The Balaban J connectivity index is 1.67. The van der Waals surface area contributed by atoms with Crippen LogP contribution in [0.5, 0.6) is 0 Å². The van der Waals surface area contributed by atoms with E-state index >= 15 is 4.39 Å². The fraction of sp³-hybridized carbons (Fsp3) is 0.276. The van der Waals surface area contributed by atoms with Crippen LogP contribution in [0.1, 0.15) is 59.2 Å². The maximum atomic E-state index is 15.4. The lowest BCUT2D eigenvalue weighted by molar-refractivity contribution is 0.00812. The highest BCUT2D eigenvalue weighted by Crippen LogP contribution is 2.45. The highest BCUT2D eigenvalue weighted by atomic mass is 19.1. The fourth-order valence-corrected chi connectivity index (χ4v) is 5.19. The van der Waals surface area contributed by atoms with Crippen LogP contribution in [0.4, 0.5) is 8.78 Å². The van der Waals surface area contributed by atoms with Crippen LogP contribution in [-0.2, 0) is 0 Å². The lowest BCUT2D eigenvalue weighted by Gasteiger charge is -2.50. The highest BCUT2D eigenvalue weighted by molar-refractivity contribution is 5.42. The quantitative estimate of drug-likeness (QED) is 0.447. The molecule has 0 aromatic heterocycles. The number of nitrogens with zero attached hydrogens (tertiary/aromatic N) is 4. The van der Waals surface area contributed by atoms with Gasteiger partial charge in [-0.15, -0.1) is 0 Å². The molecular weight excluding hydrogens is 442 g/mol. The first-order valence-electron chi connectivity index (χ1n) is 11.4. The summed E-state index contributed by atoms with van der Waals surface area (Å²) in [7, 11) is 0. The fourth-order valence-electron chi connectivity index (χ4n) is 5.19. The third kappa shape index (κ3) is 5.07. The molecule has 3 aromatic rings. The van der Waals surface area contributed by atoms with Gasteiger partial charge in [0.25, 0.3) is 0 Å². The van der Waals surface area contributed by atoms with Crippen molar-refractivity contribution in [1.82, 2.24) is 4.90 Å². The average molecular weight is 467 g/mol. The number of nitriles is 3. The second-order valence-corrected chi connectivity index (χ2v) is 9.51. The zero-order chi connectivity index (χ0) is 25.2. The maximum absolute atomic E-state index is 15.4. The second-order valence-electron chi connectivity index (χ2n) is 9.51. The van der Waals surface area contributed by atoms with Crippen LogP contribution in [0.15, 0.2) is 66.7 Å². The minimum Gasteiger partial charge on any atom is -0.292 e. The third-order valence-electron chi connectivity index (χ3n) is 6.61. The molecule has 6 heteroatoms. The molecular formula is C29H24F2N4. The summed E-state index contributed by atoms with van der Waals surface area (Å²) in [6, 6.07) is 24.8. The summed E-state index contributed by atoms with van der Waals surface area (Å²) < 4.78 is 29.6. The van der Waals surface area contributed by atoms with Crippen molar-refractivity contribution in [1.29, 1.82) is 15.8 Å². The number of alkyl halides is 1. The molecule has 1 fully saturated rings. The van der Waals surface area contributed by atoms with Crippen molar-refractivity contribution in [3.05, 3.63) is 106 Å². The van der Waals surface area contributed by atoms with Crippen LogP contribution in [0.3, 0.4) is 0 Å². The minimum atomic E-state index is -1.62. The van der Waals surface area contributed by atoms with Gasteiger partial charge in [-0.2, -0.15) is 15.8 Å². The van der Waals surface area contributed by atoms with Gasteiger partial charge in [0.05, 0.1) is 40.9 Å². The average Bonchev–Trinajstić information content (AvgIpc) is 2.81. The number of hydrogen-bond acceptors (Lipinski definition) is 4. The standard InChI is InChI=1S/C29H24F2N4/c1-29(2,31)27(24-11-21(16-34)12-26(30)13-24)25-17-35(18-25)28(22-8-6-19(14-32)7-9-22)23-5-3-4-20(10-23)15-33/h3-13,25,27-28H,17-18H2,1-2H3/t27-,28-/m1/s1. The van der Waals surface area contributed by atoms with Gasteiger partial charge in [-0.05, 0) is 78.9 Å². The zero-order valence-corrected chi connectivity index (χ0v) is 19.5. The Morgan fingerprint density at radius 1 is 0.800 bits per heavy atom. The first-order chi connectivity index (χ1) is 16.7. The Bertz CT molecular complexity index is 1350. The molecule has 0 N–H and O–H groups in total. The lowest BCUT2D eigenvalue weighted by Crippen LogP contribution is -2.53. The third-order valence-corrected chi connectivity index (χ3v) is 6.61. The van der Waals surface area contributed by atoms with Crippen molar-refractivity contribution in [2.75, 3.05) is 13.1 Å². The molecule has 0 aliphatic carbocycles. The predicted molar refractivity (Wildman–Crippen MR) is 128 cm³/mol. The van der Waals surface area contributed by atoms with Crippen molar-refractivity contribution >= 4 is 0 Å². The van der Waals surface area contributed by atoms with Crippen LogP contribution in [-0.4, -0.2) is 23.7 Å². The van der Waals surface area contributed by atoms with E-state index in [1.54, 1.807) is 24.3 Å². The summed E-state index contributed by atoms with van der Waals surface area (Å²) >= 11 is 0. The van der Waals surface area contributed by atoms with E-state index in [0.29, 0.717) is 29.8 Å². The molecule has 1 aliphatic heterocycles. The van der Waals surface area contributed by atoms with Gasteiger partial charge in [-0.3, -0.25) is 4.90 Å². The Hall–Kier alpha value is -4.05. The van der Waals surface area contributed by atoms with Crippen molar-refractivity contribution < 1.29 is 8.78 Å². The largest absolute Gasteiger partial charge is 0.292 e. The monoisotopic (exact) mass is 466 g/mol. The first-order valence-corrected chi connectivity index (χ1v) is 11.4. The van der Waals surface area contributed by atoms with E-state index in [0.717, 1.165) is 17.2 Å². The van der Waals surface area contributed by atoms with Gasteiger partial charge >= 0.3 is 0 Å². The molecule has 3 aromatic carbocycles. The number of halogens is 2. The van der Waals surface area contributed by atoms with Crippen LogP contribution in [0.2, 0.25) is 0 Å². The normalized spacial score (nSPS) is 15.8. The smallest absolute Gasteiger partial charge is 0.124 e. The zero-order valence-electron chi connectivity index (χ0n) is 19.5. The van der Waals surface area contributed by atoms with E-state index in [2.05, 4.69) is 17.0 Å². The summed E-state index contributed by atoms with van der Waals surface area (Å²) in [6.07, 6.45) is 0. The Kier molecular flexibility index (Phi) is 6.65. The van der Waals surface area contributed by atoms with Crippen LogP contribution in [0, 0.1) is 45.7 Å². The van der Waals surface area contributed by atoms with Gasteiger partial charge < -0.3 is 0 Å². The number of hydrogen-bond donors (Lipinski definition) is 0. The summed E-state index contributed by atoms with van der Waals surface area (Å²) in [5.74, 6) is -1.23. The molecule has 4 nitrogen and oxygen atoms in total. The number of rotatable bonds is 6. The van der Waals surface area contributed by atoms with Crippen LogP contribution < -0.4 is 0 Å². The lowest BCUT2D eigenvalue weighted by atomic mass is 9.72. The van der Waals surface area contributed by atoms with E-state index in [4.69, 9.17) is 0 Å². The van der Waals surface area contributed by atoms with Crippen molar-refractivity contribution in [2.24, 2.45) is 5.92 Å². The summed E-state index contributed by atoms with van der Waals surface area (Å²) in [4.78, 5) is 2.20. The van der Waals surface area contributed by atoms with Gasteiger partial charge in [-0.25, -0.2) is 8.78 Å². The molecule has 0 bridgehead atoms. The first kappa shape index (κ1) is 24.1. The number of benzene rings is 3. The van der Waals surface area contributed by atoms with Crippen LogP contribution in [0.25, 0.3) is 0 Å². The molecule has 35 heavy (non-hydrogen) atoms. The molecule has 1 saturated heterocycles. The van der Waals surface area contributed by atoms with Gasteiger partial charge in [0.2, 0.25) is 0 Å². The van der Waals surface area contributed by atoms with Gasteiger partial charge in [0, 0.05) is 19.0 Å². The van der Waals surface area contributed by atoms with Crippen molar-refractivity contribution in [3.8, 4) is 18.2 Å². The SMILES string of the molecule is CC(C)(F)[C@H](c1cc(F)cc(C#N)c1)C1CN([C@H](c2ccc(C#N)cc2)c2cccc(C#N)c2)C1. The highest BCUT2D eigenvalue weighted by Gasteiger charge is 2.45. The van der Waals surface area contributed by atoms with Crippen molar-refractivity contribution in [3.63, 3.8) is 0 Å². The van der Waals surface area contributed by atoms with E-state index in [-0.39, 0.29) is 17.5 Å². The van der Waals surface area contributed by atoms with Gasteiger partial charge in [0.15, 0.2) is 0 Å². The molecule has 0 unspecified atom stereocenters. The molecule has 0 spiro atoms. The van der Waals surface area contributed by atoms with E-state index in [1.165, 1.54) is 19.9 Å². The van der Waals surface area contributed by atoms with Gasteiger partial charge in [0.1, 0.15) is 11.5 Å². The number of likely N-dealkylation sites (tertiary alicyclic amines) is 1. The van der Waals surface area contributed by atoms with E-state index in [1.807, 2.05) is 36.4 Å². The topological polar surface area (TPSA) is 74.6 Å². The predicted octanol–water partition coefficient (Wildman–Crippen LogP) is 5.99. The summed E-state index contributed by atoms with van der Waals surface area (Å²) in [5, 5.41) is 27.8. The van der Waals surface area contributed by atoms with Gasteiger partial charge in [-0.1, -0.05) is 24.3 Å². The second kappa shape index (κ2) is 9.67. The Labute approximate surface area is 204 Å². The molecule has 174 valence electrons. The molecule has 2 atom stereocenters. The minimum absolute atomic E-state index is 0.0941. The van der Waals surface area contributed by atoms with E-state index in [9.17, 15) is 20.2 Å². The Morgan fingerprint density at radius 3 is 2.03 bits per heavy atom. The summed E-state index contributed by atoms with van der Waals surface area (Å²) in [5.41, 5.74) is 2.03.